The molecule has 0 aliphatic heterocycles. The molecule has 0 aliphatic carbocycles. The zero-order valence-electron chi connectivity index (χ0n) is 10.5. The van der Waals surface area contributed by atoms with Gasteiger partial charge in [0.1, 0.15) is 5.82 Å². The van der Waals surface area contributed by atoms with Crippen molar-refractivity contribution < 1.29 is 9.50 Å². The molecule has 1 atom stereocenters. The Bertz CT molecular complexity index is 700. The highest BCUT2D eigenvalue weighted by atomic mass is 35.5. The van der Waals surface area contributed by atoms with Crippen molar-refractivity contribution in [3.63, 3.8) is 0 Å². The van der Waals surface area contributed by atoms with E-state index >= 15 is 0 Å². The maximum absolute atomic E-state index is 13.7. The van der Waals surface area contributed by atoms with Gasteiger partial charge >= 0.3 is 0 Å². The fraction of sp³-hybridized carbons (Fsp3) is 0.125. The number of aliphatic hydroxyl groups excluding tert-OH is 1. The SMILES string of the molecule is OC(Cc1c(F)cccc1Cl)c1cc2ccccc2s1. The van der Waals surface area contributed by atoms with Crippen LogP contribution < -0.4 is 0 Å². The van der Waals surface area contributed by atoms with Crippen molar-refractivity contribution in [2.24, 2.45) is 0 Å². The highest BCUT2D eigenvalue weighted by Crippen LogP contribution is 2.33. The molecular formula is C16H12ClFOS. The Balaban J connectivity index is 1.91. The highest BCUT2D eigenvalue weighted by molar-refractivity contribution is 7.19. The fourth-order valence-electron chi connectivity index (χ4n) is 2.19. The summed E-state index contributed by atoms with van der Waals surface area (Å²) in [5.74, 6) is -0.377. The first-order valence-electron chi connectivity index (χ1n) is 6.24. The Morgan fingerprint density at radius 1 is 1.15 bits per heavy atom. The van der Waals surface area contributed by atoms with Crippen LogP contribution in [-0.2, 0) is 6.42 Å². The third kappa shape index (κ3) is 2.57. The van der Waals surface area contributed by atoms with Crippen LogP contribution in [0, 0.1) is 5.82 Å². The molecular weight excluding hydrogens is 295 g/mol. The number of fused-ring (bicyclic) bond motifs is 1. The lowest BCUT2D eigenvalue weighted by Gasteiger charge is -2.10. The van der Waals surface area contributed by atoms with Crippen LogP contribution >= 0.6 is 22.9 Å². The summed E-state index contributed by atoms with van der Waals surface area (Å²) in [5, 5.41) is 11.8. The molecule has 0 spiro atoms. The molecule has 0 saturated heterocycles. The van der Waals surface area contributed by atoms with Crippen molar-refractivity contribution in [1.29, 1.82) is 0 Å². The first-order valence-corrected chi connectivity index (χ1v) is 7.44. The van der Waals surface area contributed by atoms with E-state index in [9.17, 15) is 9.50 Å². The largest absolute Gasteiger partial charge is 0.387 e. The summed E-state index contributed by atoms with van der Waals surface area (Å²) in [4.78, 5) is 0.825. The molecule has 0 fully saturated rings. The van der Waals surface area contributed by atoms with E-state index in [4.69, 9.17) is 11.6 Å². The summed E-state index contributed by atoms with van der Waals surface area (Å²) in [6, 6.07) is 14.4. The molecule has 0 radical (unpaired) electrons. The van der Waals surface area contributed by atoms with E-state index in [1.165, 1.54) is 17.4 Å². The van der Waals surface area contributed by atoms with Crippen molar-refractivity contribution in [2.75, 3.05) is 0 Å². The summed E-state index contributed by atoms with van der Waals surface area (Å²) < 4.78 is 14.9. The first-order chi connectivity index (χ1) is 9.65. The van der Waals surface area contributed by atoms with Crippen LogP contribution in [-0.4, -0.2) is 5.11 Å². The maximum atomic E-state index is 13.7. The van der Waals surface area contributed by atoms with Crippen molar-refractivity contribution >= 4 is 33.0 Å². The predicted octanol–water partition coefficient (Wildman–Crippen LogP) is 4.97. The second-order valence-corrected chi connectivity index (χ2v) is 6.13. The van der Waals surface area contributed by atoms with Gasteiger partial charge in [0.15, 0.2) is 0 Å². The summed E-state index contributed by atoms with van der Waals surface area (Å²) in [6.07, 6.45) is -0.569. The van der Waals surface area contributed by atoms with E-state index in [1.54, 1.807) is 12.1 Å². The highest BCUT2D eigenvalue weighted by Gasteiger charge is 2.16. The van der Waals surface area contributed by atoms with Gasteiger partial charge in [0.05, 0.1) is 6.10 Å². The van der Waals surface area contributed by atoms with E-state index < -0.39 is 6.10 Å². The van der Waals surface area contributed by atoms with Crippen molar-refractivity contribution in [2.45, 2.75) is 12.5 Å². The third-order valence-corrected chi connectivity index (χ3v) is 4.80. The Hall–Kier alpha value is -1.42. The van der Waals surface area contributed by atoms with Crippen LogP contribution in [0.3, 0.4) is 0 Å². The standard InChI is InChI=1S/C16H12ClFOS/c17-12-5-3-6-13(18)11(12)9-14(19)16-8-10-4-1-2-7-15(10)20-16/h1-8,14,19H,9H2. The maximum Gasteiger partial charge on any atom is 0.127 e. The monoisotopic (exact) mass is 306 g/mol. The second-order valence-electron chi connectivity index (χ2n) is 4.61. The van der Waals surface area contributed by atoms with E-state index in [2.05, 4.69) is 0 Å². The minimum Gasteiger partial charge on any atom is -0.387 e. The molecule has 2 aromatic carbocycles. The van der Waals surface area contributed by atoms with Gasteiger partial charge in [0.25, 0.3) is 0 Å². The van der Waals surface area contributed by atoms with Gasteiger partial charge in [-0.25, -0.2) is 4.39 Å². The molecule has 20 heavy (non-hydrogen) atoms. The average Bonchev–Trinajstić information content (AvgIpc) is 2.87. The van der Waals surface area contributed by atoms with Crippen molar-refractivity contribution in [1.82, 2.24) is 0 Å². The summed E-state index contributed by atoms with van der Waals surface area (Å²) >= 11 is 7.51. The number of aliphatic hydroxyl groups is 1. The average molecular weight is 307 g/mol. The Morgan fingerprint density at radius 2 is 1.95 bits per heavy atom. The van der Waals surface area contributed by atoms with Gasteiger partial charge in [-0.15, -0.1) is 11.3 Å². The number of rotatable bonds is 3. The molecule has 1 heterocycles. The van der Waals surface area contributed by atoms with Crippen LogP contribution in [0.4, 0.5) is 4.39 Å². The summed E-state index contributed by atoms with van der Waals surface area (Å²) in [7, 11) is 0. The quantitative estimate of drug-likeness (QED) is 0.724. The lowest BCUT2D eigenvalue weighted by Crippen LogP contribution is -2.02. The normalized spacial score (nSPS) is 12.8. The smallest absolute Gasteiger partial charge is 0.127 e. The van der Waals surface area contributed by atoms with Crippen LogP contribution in [0.25, 0.3) is 10.1 Å². The number of hydrogen-bond acceptors (Lipinski definition) is 2. The molecule has 102 valence electrons. The van der Waals surface area contributed by atoms with E-state index in [0.717, 1.165) is 15.0 Å². The van der Waals surface area contributed by atoms with Crippen molar-refractivity contribution in [3.05, 3.63) is 69.8 Å². The Kier molecular flexibility index (Phi) is 3.74. The van der Waals surface area contributed by atoms with Gasteiger partial charge in [-0.05, 0) is 29.7 Å². The van der Waals surface area contributed by atoms with Gasteiger partial charge in [-0.1, -0.05) is 35.9 Å². The first kappa shape index (κ1) is 13.6. The lowest BCUT2D eigenvalue weighted by molar-refractivity contribution is 0.181. The van der Waals surface area contributed by atoms with E-state index in [1.807, 2.05) is 30.3 Å². The van der Waals surface area contributed by atoms with Crippen LogP contribution in [0.2, 0.25) is 5.02 Å². The molecule has 1 nitrogen and oxygen atoms in total. The predicted molar refractivity (Wildman–Crippen MR) is 81.9 cm³/mol. The number of halogens is 2. The zero-order chi connectivity index (χ0) is 14.1. The molecule has 1 unspecified atom stereocenters. The minimum atomic E-state index is -0.748. The zero-order valence-corrected chi connectivity index (χ0v) is 12.1. The number of thiophene rings is 1. The molecule has 1 N–H and O–H groups in total. The molecule has 0 amide bonds. The third-order valence-electron chi connectivity index (χ3n) is 3.23. The topological polar surface area (TPSA) is 20.2 Å². The Morgan fingerprint density at radius 3 is 2.70 bits per heavy atom. The molecule has 0 bridgehead atoms. The lowest BCUT2D eigenvalue weighted by atomic mass is 10.1. The van der Waals surface area contributed by atoms with Crippen molar-refractivity contribution in [3.8, 4) is 0 Å². The van der Waals surface area contributed by atoms with E-state index in [0.29, 0.717) is 10.6 Å². The molecule has 3 rings (SSSR count). The van der Waals surface area contributed by atoms with Gasteiger partial charge in [0.2, 0.25) is 0 Å². The number of benzene rings is 2. The fourth-order valence-corrected chi connectivity index (χ4v) is 3.48. The second kappa shape index (κ2) is 5.52. The van der Waals surface area contributed by atoms with Gasteiger partial charge in [0, 0.05) is 26.6 Å². The molecule has 0 saturated carbocycles. The van der Waals surface area contributed by atoms with Crippen LogP contribution in [0.15, 0.2) is 48.5 Å². The molecule has 3 aromatic rings. The summed E-state index contributed by atoms with van der Waals surface area (Å²) in [5.41, 5.74) is 0.360. The minimum absolute atomic E-state index is 0.179. The summed E-state index contributed by atoms with van der Waals surface area (Å²) in [6.45, 7) is 0. The Labute approximate surface area is 125 Å². The molecule has 4 heteroatoms. The van der Waals surface area contributed by atoms with Crippen LogP contribution in [0.5, 0.6) is 0 Å². The number of hydrogen-bond donors (Lipinski definition) is 1. The van der Waals surface area contributed by atoms with Gasteiger partial charge < -0.3 is 5.11 Å². The van der Waals surface area contributed by atoms with Gasteiger partial charge in [-0.2, -0.15) is 0 Å². The molecule has 1 aromatic heterocycles. The van der Waals surface area contributed by atoms with Gasteiger partial charge in [-0.3, -0.25) is 0 Å². The molecule has 0 aliphatic rings. The van der Waals surface area contributed by atoms with Crippen LogP contribution in [0.1, 0.15) is 16.5 Å². The van der Waals surface area contributed by atoms with E-state index in [-0.39, 0.29) is 12.2 Å².